The number of rotatable bonds is 3. The van der Waals surface area contributed by atoms with E-state index in [-0.39, 0.29) is 0 Å². The molecule has 0 amide bonds. The summed E-state index contributed by atoms with van der Waals surface area (Å²) in [6.07, 6.45) is 12.4. The number of phenols is 1. The van der Waals surface area contributed by atoms with Crippen molar-refractivity contribution in [2.75, 3.05) is 0 Å². The average molecular weight is 344 g/mol. The van der Waals surface area contributed by atoms with Gasteiger partial charge in [-0.2, -0.15) is 0 Å². The molecular weight excluding hydrogens is 316 g/mol. The van der Waals surface area contributed by atoms with Crippen LogP contribution in [0.3, 0.4) is 0 Å². The first-order chi connectivity index (χ1) is 12.4. The van der Waals surface area contributed by atoms with Gasteiger partial charge in [-0.15, -0.1) is 0 Å². The van der Waals surface area contributed by atoms with Gasteiger partial charge in [-0.3, -0.25) is 0 Å². The topological polar surface area (TPSA) is 20.2 Å². The fourth-order valence-corrected chi connectivity index (χ4v) is 4.54. The molecule has 1 heteroatoms. The summed E-state index contributed by atoms with van der Waals surface area (Å²) in [5.41, 5.74) is 9.85. The minimum absolute atomic E-state index is 0.333. The summed E-state index contributed by atoms with van der Waals surface area (Å²) in [5.74, 6) is 1.72. The molecule has 26 heavy (non-hydrogen) atoms. The van der Waals surface area contributed by atoms with Crippen molar-refractivity contribution in [1.29, 1.82) is 0 Å². The Hall–Kier alpha value is -2.28. The Morgan fingerprint density at radius 2 is 1.69 bits per heavy atom. The van der Waals surface area contributed by atoms with Crippen LogP contribution in [-0.4, -0.2) is 5.11 Å². The summed E-state index contributed by atoms with van der Waals surface area (Å²) in [5, 5.41) is 11.1. The maximum Gasteiger partial charge on any atom is 0.131 e. The number of benzene rings is 1. The van der Waals surface area contributed by atoms with Gasteiger partial charge >= 0.3 is 0 Å². The van der Waals surface area contributed by atoms with E-state index >= 15 is 0 Å². The van der Waals surface area contributed by atoms with E-state index in [4.69, 9.17) is 0 Å². The predicted octanol–water partition coefficient (Wildman–Crippen LogP) is 6.47. The molecule has 0 saturated carbocycles. The first-order valence-corrected chi connectivity index (χ1v) is 9.76. The Kier molecular flexibility index (Phi) is 4.06. The van der Waals surface area contributed by atoms with Crippen LogP contribution in [0.2, 0.25) is 0 Å². The number of fused-ring (bicyclic) bond motifs is 2. The minimum atomic E-state index is 0.333. The third-order valence-electron chi connectivity index (χ3n) is 5.84. The van der Waals surface area contributed by atoms with Crippen LogP contribution in [0.5, 0.6) is 5.75 Å². The summed E-state index contributed by atoms with van der Waals surface area (Å²) in [6.45, 7) is 11.1. The molecule has 134 valence electrons. The lowest BCUT2D eigenvalue weighted by molar-refractivity contribution is 0.471. The smallest absolute Gasteiger partial charge is 0.131 e. The van der Waals surface area contributed by atoms with Gasteiger partial charge in [0, 0.05) is 17.0 Å². The molecule has 0 radical (unpaired) electrons. The van der Waals surface area contributed by atoms with E-state index in [0.717, 1.165) is 23.1 Å². The Labute approximate surface area is 157 Å². The van der Waals surface area contributed by atoms with Gasteiger partial charge in [0.2, 0.25) is 0 Å². The highest BCUT2D eigenvalue weighted by Crippen LogP contribution is 2.46. The number of hydrogen-bond donors (Lipinski definition) is 1. The Morgan fingerprint density at radius 1 is 0.962 bits per heavy atom. The number of aromatic hydroxyl groups is 1. The molecule has 0 aliphatic heterocycles. The number of hydrogen-bond acceptors (Lipinski definition) is 1. The lowest BCUT2D eigenvalue weighted by Gasteiger charge is -2.22. The van der Waals surface area contributed by atoms with Crippen molar-refractivity contribution in [2.45, 2.75) is 41.0 Å². The largest absolute Gasteiger partial charge is 0.507 e. The molecule has 4 rings (SSSR count). The maximum absolute atomic E-state index is 11.1. The van der Waals surface area contributed by atoms with Crippen molar-refractivity contribution < 1.29 is 5.11 Å². The zero-order valence-corrected chi connectivity index (χ0v) is 16.4. The lowest BCUT2D eigenvalue weighted by Crippen LogP contribution is -2.08. The zero-order valence-electron chi connectivity index (χ0n) is 16.4. The molecule has 1 N–H and O–H groups in total. The molecule has 0 spiro atoms. The van der Waals surface area contributed by atoms with Gasteiger partial charge in [0.25, 0.3) is 0 Å². The Morgan fingerprint density at radius 3 is 2.38 bits per heavy atom. The fourth-order valence-electron chi connectivity index (χ4n) is 4.54. The monoisotopic (exact) mass is 344 g/mol. The molecule has 0 aromatic heterocycles. The van der Waals surface area contributed by atoms with Crippen molar-refractivity contribution in [3.05, 3.63) is 75.9 Å². The van der Waals surface area contributed by atoms with Gasteiger partial charge in [-0.05, 0) is 53.0 Å². The summed E-state index contributed by atoms with van der Waals surface area (Å²) in [6, 6.07) is 4.29. The van der Waals surface area contributed by atoms with Crippen LogP contribution in [0.1, 0.15) is 51.3 Å². The molecule has 0 heterocycles. The third-order valence-corrected chi connectivity index (χ3v) is 5.84. The fraction of sp³-hybridized carbons (Fsp3) is 0.360. The van der Waals surface area contributed by atoms with Crippen LogP contribution in [0.4, 0.5) is 0 Å². The first-order valence-electron chi connectivity index (χ1n) is 9.76. The Bertz CT molecular complexity index is 929. The van der Waals surface area contributed by atoms with Crippen LogP contribution in [0.15, 0.2) is 59.2 Å². The summed E-state index contributed by atoms with van der Waals surface area (Å²) >= 11 is 0. The SMILES string of the molecule is CC1=CC2C=C(c3ccc4c(c3O)C(C(C)C)=CC4)C=C2C(C(C)C)=C1. The van der Waals surface area contributed by atoms with Crippen LogP contribution in [0.25, 0.3) is 11.1 Å². The molecule has 1 atom stereocenters. The van der Waals surface area contributed by atoms with Crippen molar-refractivity contribution in [3.63, 3.8) is 0 Å². The van der Waals surface area contributed by atoms with Crippen molar-refractivity contribution in [1.82, 2.24) is 0 Å². The first kappa shape index (κ1) is 17.1. The molecule has 1 nitrogen and oxygen atoms in total. The molecule has 3 aliphatic carbocycles. The van der Waals surface area contributed by atoms with E-state index in [1.807, 2.05) is 0 Å². The molecule has 1 aromatic rings. The molecule has 1 aromatic carbocycles. The summed E-state index contributed by atoms with van der Waals surface area (Å²) < 4.78 is 0. The quantitative estimate of drug-likeness (QED) is 0.666. The van der Waals surface area contributed by atoms with Crippen LogP contribution < -0.4 is 0 Å². The summed E-state index contributed by atoms with van der Waals surface area (Å²) in [7, 11) is 0. The second kappa shape index (κ2) is 6.16. The van der Waals surface area contributed by atoms with E-state index in [1.165, 1.54) is 27.9 Å². The zero-order chi connectivity index (χ0) is 18.6. The van der Waals surface area contributed by atoms with Crippen molar-refractivity contribution >= 4 is 11.1 Å². The van der Waals surface area contributed by atoms with E-state index in [1.54, 1.807) is 0 Å². The van der Waals surface area contributed by atoms with E-state index < -0.39 is 0 Å². The highest BCUT2D eigenvalue weighted by atomic mass is 16.3. The average Bonchev–Trinajstić information content (AvgIpc) is 3.18. The molecule has 3 aliphatic rings. The summed E-state index contributed by atoms with van der Waals surface area (Å²) in [4.78, 5) is 0. The second-order valence-corrected chi connectivity index (χ2v) is 8.43. The van der Waals surface area contributed by atoms with Crippen molar-refractivity contribution in [2.24, 2.45) is 17.8 Å². The molecule has 0 saturated heterocycles. The molecule has 0 fully saturated rings. The highest BCUT2D eigenvalue weighted by Gasteiger charge is 2.28. The van der Waals surface area contributed by atoms with E-state index in [0.29, 0.717) is 23.5 Å². The van der Waals surface area contributed by atoms with Crippen LogP contribution in [0, 0.1) is 17.8 Å². The lowest BCUT2D eigenvalue weighted by atomic mass is 9.82. The highest BCUT2D eigenvalue weighted by molar-refractivity contribution is 5.89. The van der Waals surface area contributed by atoms with Crippen LogP contribution >= 0.6 is 0 Å². The third kappa shape index (κ3) is 2.61. The van der Waals surface area contributed by atoms with Gasteiger partial charge in [-0.1, -0.05) is 75.8 Å². The van der Waals surface area contributed by atoms with E-state index in [9.17, 15) is 5.11 Å². The van der Waals surface area contributed by atoms with Crippen LogP contribution in [-0.2, 0) is 6.42 Å². The maximum atomic E-state index is 11.1. The molecule has 1 unspecified atom stereocenters. The molecular formula is C25H28O. The number of phenolic OH excluding ortho intramolecular Hbond substituents is 1. The number of allylic oxidation sites excluding steroid dienone is 10. The Balaban J connectivity index is 1.80. The van der Waals surface area contributed by atoms with Gasteiger partial charge in [0.1, 0.15) is 5.75 Å². The van der Waals surface area contributed by atoms with Gasteiger partial charge in [0.05, 0.1) is 0 Å². The standard InChI is InChI=1S/C25H28O/c1-14(2)20-8-6-17-7-9-21(25(26)24(17)20)19-12-18-10-16(5)11-22(15(3)4)23(18)13-19/h7-15,18,26H,6H2,1-5H3. The van der Waals surface area contributed by atoms with Gasteiger partial charge in [-0.25, -0.2) is 0 Å². The normalized spacial score (nSPS) is 21.2. The van der Waals surface area contributed by atoms with E-state index in [2.05, 4.69) is 77.1 Å². The van der Waals surface area contributed by atoms with Gasteiger partial charge < -0.3 is 5.11 Å². The predicted molar refractivity (Wildman–Crippen MR) is 111 cm³/mol. The second-order valence-electron chi connectivity index (χ2n) is 8.43. The molecule has 0 bridgehead atoms. The van der Waals surface area contributed by atoms with Gasteiger partial charge in [0.15, 0.2) is 0 Å². The van der Waals surface area contributed by atoms with Crippen molar-refractivity contribution in [3.8, 4) is 5.75 Å². The minimum Gasteiger partial charge on any atom is -0.507 e.